The van der Waals surface area contributed by atoms with Crippen LogP contribution in [0.5, 0.6) is 0 Å². The molecule has 0 amide bonds. The van der Waals surface area contributed by atoms with Crippen molar-refractivity contribution in [3.63, 3.8) is 0 Å². The van der Waals surface area contributed by atoms with Gasteiger partial charge in [0.1, 0.15) is 11.9 Å². The van der Waals surface area contributed by atoms with Crippen molar-refractivity contribution in [2.45, 2.75) is 12.5 Å². The van der Waals surface area contributed by atoms with Crippen LogP contribution in [0.1, 0.15) is 6.92 Å². The molecule has 1 unspecified atom stereocenters. The number of aliphatic imine (C=N–C) groups is 2. The van der Waals surface area contributed by atoms with E-state index in [1.807, 2.05) is 0 Å². The molecule has 0 saturated carbocycles. The molecule has 0 aromatic carbocycles. The predicted octanol–water partition coefficient (Wildman–Crippen LogP) is 0.559. The van der Waals surface area contributed by atoms with Gasteiger partial charge in [-0.25, -0.2) is 15.9 Å². The molecule has 1 aliphatic heterocycles. The van der Waals surface area contributed by atoms with Crippen LogP contribution in [0.15, 0.2) is 22.0 Å². The molecule has 0 fully saturated rings. The molecule has 11 heavy (non-hydrogen) atoms. The van der Waals surface area contributed by atoms with E-state index in [4.69, 9.17) is 5.90 Å². The van der Waals surface area contributed by atoms with Crippen LogP contribution in [0.2, 0.25) is 0 Å². The Morgan fingerprint density at radius 2 is 2.45 bits per heavy atom. The van der Waals surface area contributed by atoms with Crippen molar-refractivity contribution in [2.75, 3.05) is 0 Å². The second-order valence-electron chi connectivity index (χ2n) is 2.29. The van der Waals surface area contributed by atoms with Gasteiger partial charge < -0.3 is 0 Å². The summed E-state index contributed by atoms with van der Waals surface area (Å²) in [5, 5.41) is 0. The Balaban J connectivity index is 2.92. The Kier molecular flexibility index (Phi) is 2.11. The minimum absolute atomic E-state index is 0.657. The minimum Gasteiger partial charge on any atom is -0.288 e. The van der Waals surface area contributed by atoms with E-state index in [0.717, 1.165) is 12.4 Å². The molecule has 0 saturated heterocycles. The van der Waals surface area contributed by atoms with Crippen molar-refractivity contribution in [1.29, 1.82) is 0 Å². The maximum absolute atomic E-state index is 12.6. The van der Waals surface area contributed by atoms with Gasteiger partial charge in [-0.05, 0) is 6.92 Å². The zero-order chi connectivity index (χ0) is 8.32. The molecule has 5 heteroatoms. The fraction of sp³-hybridized carbons (Fsp3) is 0.333. The topological polar surface area (TPSA) is 60.0 Å². The standard InChI is InChI=1S/C6H8FN3O/c1-6(11-8)2-5(7)10-4-9-3-6/h2-4H,8H2,1H3. The average molecular weight is 157 g/mol. The lowest BCUT2D eigenvalue weighted by molar-refractivity contribution is 0.0583. The van der Waals surface area contributed by atoms with E-state index in [1.165, 1.54) is 6.21 Å². The number of hydrogen-bond acceptors (Lipinski definition) is 4. The van der Waals surface area contributed by atoms with Gasteiger partial charge in [-0.3, -0.25) is 4.84 Å². The Bertz CT molecular complexity index is 236. The minimum atomic E-state index is -0.999. The Morgan fingerprint density at radius 1 is 1.73 bits per heavy atom. The fourth-order valence-corrected chi connectivity index (χ4v) is 0.645. The second kappa shape index (κ2) is 2.89. The first-order valence-corrected chi connectivity index (χ1v) is 2.99. The summed E-state index contributed by atoms with van der Waals surface area (Å²) in [4.78, 5) is 11.4. The smallest absolute Gasteiger partial charge is 0.213 e. The van der Waals surface area contributed by atoms with Gasteiger partial charge in [0.05, 0.1) is 0 Å². The van der Waals surface area contributed by atoms with Gasteiger partial charge in [0, 0.05) is 12.3 Å². The highest BCUT2D eigenvalue weighted by molar-refractivity contribution is 5.81. The molecule has 0 aromatic heterocycles. The summed E-state index contributed by atoms with van der Waals surface area (Å²) >= 11 is 0. The maximum atomic E-state index is 12.6. The Morgan fingerprint density at radius 3 is 3.09 bits per heavy atom. The summed E-state index contributed by atoms with van der Waals surface area (Å²) in [6, 6.07) is 0. The highest BCUT2D eigenvalue weighted by atomic mass is 19.1. The lowest BCUT2D eigenvalue weighted by Gasteiger charge is -2.15. The van der Waals surface area contributed by atoms with Gasteiger partial charge in [-0.2, -0.15) is 4.39 Å². The van der Waals surface area contributed by atoms with Crippen LogP contribution in [-0.4, -0.2) is 18.2 Å². The first-order valence-electron chi connectivity index (χ1n) is 2.99. The molecular weight excluding hydrogens is 149 g/mol. The van der Waals surface area contributed by atoms with Gasteiger partial charge >= 0.3 is 0 Å². The van der Waals surface area contributed by atoms with Crippen LogP contribution in [0, 0.1) is 0 Å². The number of nitrogens with two attached hydrogens (primary N) is 1. The average Bonchev–Trinajstić information content (AvgIpc) is 2.13. The zero-order valence-electron chi connectivity index (χ0n) is 5.99. The van der Waals surface area contributed by atoms with Gasteiger partial charge in [0.15, 0.2) is 0 Å². The van der Waals surface area contributed by atoms with E-state index in [2.05, 4.69) is 14.8 Å². The van der Waals surface area contributed by atoms with Crippen molar-refractivity contribution in [2.24, 2.45) is 15.9 Å². The zero-order valence-corrected chi connectivity index (χ0v) is 5.99. The highest BCUT2D eigenvalue weighted by Crippen LogP contribution is 2.13. The van der Waals surface area contributed by atoms with E-state index < -0.39 is 11.6 Å². The molecule has 1 rings (SSSR count). The van der Waals surface area contributed by atoms with Crippen molar-refractivity contribution >= 4 is 12.6 Å². The largest absolute Gasteiger partial charge is 0.288 e. The third kappa shape index (κ3) is 1.92. The van der Waals surface area contributed by atoms with Crippen molar-refractivity contribution < 1.29 is 9.23 Å². The number of nitrogens with zero attached hydrogens (tertiary/aromatic N) is 2. The summed E-state index contributed by atoms with van der Waals surface area (Å²) < 4.78 is 12.6. The molecule has 0 bridgehead atoms. The molecule has 60 valence electrons. The molecule has 2 N–H and O–H groups in total. The monoisotopic (exact) mass is 157 g/mol. The molecular formula is C6H8FN3O. The van der Waals surface area contributed by atoms with E-state index >= 15 is 0 Å². The lowest BCUT2D eigenvalue weighted by Crippen LogP contribution is -2.31. The van der Waals surface area contributed by atoms with Crippen molar-refractivity contribution in [3.05, 3.63) is 12.0 Å². The van der Waals surface area contributed by atoms with Crippen molar-refractivity contribution in [1.82, 2.24) is 0 Å². The quantitative estimate of drug-likeness (QED) is 0.446. The van der Waals surface area contributed by atoms with Crippen LogP contribution in [0.25, 0.3) is 0 Å². The SMILES string of the molecule is CC1(ON)C=NC=NC(F)=C1. The summed E-state index contributed by atoms with van der Waals surface area (Å²) in [5.41, 5.74) is -0.999. The maximum Gasteiger partial charge on any atom is 0.213 e. The molecule has 0 radical (unpaired) electrons. The van der Waals surface area contributed by atoms with Gasteiger partial charge in [0.2, 0.25) is 5.95 Å². The van der Waals surface area contributed by atoms with Crippen LogP contribution in [0.3, 0.4) is 0 Å². The molecule has 4 nitrogen and oxygen atoms in total. The first kappa shape index (κ1) is 8.03. The predicted molar refractivity (Wildman–Crippen MR) is 39.9 cm³/mol. The summed E-state index contributed by atoms with van der Waals surface area (Å²) in [7, 11) is 0. The van der Waals surface area contributed by atoms with E-state index in [-0.39, 0.29) is 0 Å². The first-order chi connectivity index (χ1) is 5.16. The van der Waals surface area contributed by atoms with Crippen LogP contribution >= 0.6 is 0 Å². The number of hydrogen-bond donors (Lipinski definition) is 1. The molecule has 0 aromatic rings. The Hall–Kier alpha value is -1.07. The third-order valence-corrected chi connectivity index (χ3v) is 1.24. The normalized spacial score (nSPS) is 29.9. The molecule has 1 aliphatic rings. The van der Waals surface area contributed by atoms with Gasteiger partial charge in [0.25, 0.3) is 0 Å². The molecule has 1 atom stereocenters. The van der Waals surface area contributed by atoms with E-state index in [0.29, 0.717) is 0 Å². The summed E-state index contributed by atoms with van der Waals surface area (Å²) in [6.07, 6.45) is 3.60. The fourth-order valence-electron chi connectivity index (χ4n) is 0.645. The third-order valence-electron chi connectivity index (χ3n) is 1.24. The molecule has 0 spiro atoms. The van der Waals surface area contributed by atoms with Crippen molar-refractivity contribution in [3.8, 4) is 0 Å². The number of rotatable bonds is 1. The molecule has 1 heterocycles. The highest BCUT2D eigenvalue weighted by Gasteiger charge is 2.21. The van der Waals surface area contributed by atoms with Crippen LogP contribution in [0.4, 0.5) is 4.39 Å². The Labute approximate surface area is 63.2 Å². The number of halogens is 1. The lowest BCUT2D eigenvalue weighted by atomic mass is 10.1. The van der Waals surface area contributed by atoms with Gasteiger partial charge in [-0.1, -0.05) is 0 Å². The van der Waals surface area contributed by atoms with Gasteiger partial charge in [-0.15, -0.1) is 0 Å². The summed E-state index contributed by atoms with van der Waals surface area (Å²) in [6.45, 7) is 1.57. The second-order valence-corrected chi connectivity index (χ2v) is 2.29. The van der Waals surface area contributed by atoms with Crippen LogP contribution < -0.4 is 5.90 Å². The van der Waals surface area contributed by atoms with E-state index in [9.17, 15) is 4.39 Å². The summed E-state index contributed by atoms with van der Waals surface area (Å²) in [5.74, 6) is 4.25. The van der Waals surface area contributed by atoms with Crippen LogP contribution in [-0.2, 0) is 4.84 Å². The molecule has 0 aliphatic carbocycles. The van der Waals surface area contributed by atoms with E-state index in [1.54, 1.807) is 6.92 Å².